The Balaban J connectivity index is 1.56. The summed E-state index contributed by atoms with van der Waals surface area (Å²) >= 11 is 6.19. The molecule has 3 amide bonds. The minimum Gasteiger partial charge on any atom is -0.497 e. The van der Waals surface area contributed by atoms with E-state index in [1.807, 2.05) is 31.2 Å². The Morgan fingerprint density at radius 3 is 2.30 bits per heavy atom. The molecule has 5 rings (SSSR count). The van der Waals surface area contributed by atoms with Crippen LogP contribution in [0.2, 0.25) is 5.02 Å². The van der Waals surface area contributed by atoms with Gasteiger partial charge in [0.25, 0.3) is 17.6 Å². The number of carbonyl (C=O) groups is 4. The summed E-state index contributed by atoms with van der Waals surface area (Å²) < 4.78 is 10.8. The van der Waals surface area contributed by atoms with Crippen molar-refractivity contribution in [1.29, 1.82) is 0 Å². The maximum atomic E-state index is 14.3. The molecule has 9 nitrogen and oxygen atoms in total. The highest BCUT2D eigenvalue weighted by Gasteiger charge is 2.39. The summed E-state index contributed by atoms with van der Waals surface area (Å²) in [4.78, 5) is 56.7. The maximum Gasteiger partial charge on any atom is 0.299 e. The van der Waals surface area contributed by atoms with Gasteiger partial charge < -0.3 is 19.7 Å². The number of aryl methyl sites for hydroxylation is 1. The maximum absolute atomic E-state index is 14.3. The normalized spacial score (nSPS) is 12.9. The lowest BCUT2D eigenvalue weighted by atomic mass is 10.0. The molecule has 1 aliphatic rings. The van der Waals surface area contributed by atoms with Gasteiger partial charge in [-0.25, -0.2) is 0 Å². The van der Waals surface area contributed by atoms with Gasteiger partial charge in [0.2, 0.25) is 5.91 Å². The summed E-state index contributed by atoms with van der Waals surface area (Å²) in [6.45, 7) is 1.54. The van der Waals surface area contributed by atoms with Gasteiger partial charge in [-0.15, -0.1) is 0 Å². The van der Waals surface area contributed by atoms with E-state index < -0.39 is 36.1 Å². The highest BCUT2D eigenvalue weighted by Crippen LogP contribution is 2.33. The van der Waals surface area contributed by atoms with Gasteiger partial charge in [-0.2, -0.15) is 0 Å². The molecule has 0 spiro atoms. The van der Waals surface area contributed by atoms with Crippen LogP contribution in [0.3, 0.4) is 0 Å². The summed E-state index contributed by atoms with van der Waals surface area (Å²) in [5, 5.41) is 3.36. The van der Waals surface area contributed by atoms with Crippen molar-refractivity contribution < 1.29 is 28.7 Å². The van der Waals surface area contributed by atoms with E-state index in [2.05, 4.69) is 5.32 Å². The monoisotopic (exact) mass is 611 g/mol. The van der Waals surface area contributed by atoms with Crippen molar-refractivity contribution in [3.05, 3.63) is 118 Å². The van der Waals surface area contributed by atoms with E-state index in [0.717, 1.165) is 16.0 Å². The molecule has 1 heterocycles. The van der Waals surface area contributed by atoms with Gasteiger partial charge in [0.05, 0.1) is 31.2 Å². The summed E-state index contributed by atoms with van der Waals surface area (Å²) in [6.07, 6.45) is 0. The molecule has 0 fully saturated rings. The number of halogens is 1. The molecule has 0 bridgehead atoms. The zero-order valence-corrected chi connectivity index (χ0v) is 25.1. The van der Waals surface area contributed by atoms with Crippen LogP contribution in [0.15, 0.2) is 91.0 Å². The topological polar surface area (TPSA) is 105 Å². The Hall–Kier alpha value is -5.15. The number of hydrogen-bond acceptors (Lipinski definition) is 6. The summed E-state index contributed by atoms with van der Waals surface area (Å²) in [5.41, 5.74) is 3.24. The quantitative estimate of drug-likeness (QED) is 0.234. The third-order valence-corrected chi connectivity index (χ3v) is 7.63. The molecule has 1 aliphatic heterocycles. The van der Waals surface area contributed by atoms with Gasteiger partial charge >= 0.3 is 0 Å². The Morgan fingerprint density at radius 1 is 0.909 bits per heavy atom. The Labute approximate surface area is 259 Å². The predicted molar refractivity (Wildman–Crippen MR) is 167 cm³/mol. The number of benzene rings is 4. The van der Waals surface area contributed by atoms with Gasteiger partial charge in [0.1, 0.15) is 24.1 Å². The van der Waals surface area contributed by atoms with Crippen LogP contribution in [0.5, 0.6) is 11.5 Å². The molecular formula is C34H30ClN3O6. The number of para-hydroxylation sites is 1. The van der Waals surface area contributed by atoms with E-state index in [0.29, 0.717) is 33.5 Å². The molecule has 1 N–H and O–H groups in total. The number of ether oxygens (including phenoxy) is 2. The number of nitrogens with one attached hydrogen (secondary N) is 1. The number of fused-ring (bicyclic) bond motifs is 1. The van der Waals surface area contributed by atoms with Crippen molar-refractivity contribution in [1.82, 2.24) is 4.90 Å². The van der Waals surface area contributed by atoms with Crippen molar-refractivity contribution in [3.8, 4) is 11.5 Å². The zero-order valence-electron chi connectivity index (χ0n) is 24.4. The van der Waals surface area contributed by atoms with Crippen LogP contribution in [0.4, 0.5) is 11.4 Å². The standard InChI is InChI=1S/C34H30ClN3O6/c1-21-8-10-22(11-9-21)19-38(30(39)20-37-28-7-5-4-6-26(28)32(40)34(37)42)31(23-12-14-24(35)15-13-23)33(41)36-27-17-16-25(43-2)18-29(27)44-3/h4-18,31H,19-20H2,1-3H3,(H,36,41). The summed E-state index contributed by atoms with van der Waals surface area (Å²) in [7, 11) is 3.00. The number of nitrogens with zero attached hydrogens (tertiary/aromatic N) is 2. The van der Waals surface area contributed by atoms with Crippen molar-refractivity contribution >= 4 is 46.5 Å². The fourth-order valence-electron chi connectivity index (χ4n) is 5.07. The van der Waals surface area contributed by atoms with Crippen LogP contribution in [0.1, 0.15) is 33.1 Å². The average molecular weight is 612 g/mol. The van der Waals surface area contributed by atoms with Gasteiger partial charge in [0, 0.05) is 17.6 Å². The number of hydrogen-bond donors (Lipinski definition) is 1. The minimum absolute atomic E-state index is 0.0389. The third-order valence-electron chi connectivity index (χ3n) is 7.38. The largest absolute Gasteiger partial charge is 0.497 e. The highest BCUT2D eigenvalue weighted by atomic mass is 35.5. The van der Waals surface area contributed by atoms with Crippen LogP contribution in [0, 0.1) is 6.92 Å². The molecule has 0 aromatic heterocycles. The molecule has 4 aromatic carbocycles. The lowest BCUT2D eigenvalue weighted by Gasteiger charge is -2.33. The van der Waals surface area contributed by atoms with E-state index in [9.17, 15) is 19.2 Å². The molecule has 1 atom stereocenters. The number of carbonyl (C=O) groups excluding carboxylic acids is 4. The molecule has 0 saturated heterocycles. The van der Waals surface area contributed by atoms with E-state index in [4.69, 9.17) is 21.1 Å². The molecule has 0 aliphatic carbocycles. The predicted octanol–water partition coefficient (Wildman–Crippen LogP) is 5.60. The highest BCUT2D eigenvalue weighted by molar-refractivity contribution is 6.52. The lowest BCUT2D eigenvalue weighted by molar-refractivity contribution is -0.139. The second kappa shape index (κ2) is 13.0. The first-order valence-corrected chi connectivity index (χ1v) is 14.2. The second-order valence-electron chi connectivity index (χ2n) is 10.3. The van der Waals surface area contributed by atoms with Gasteiger partial charge in [-0.1, -0.05) is 65.7 Å². The first-order valence-electron chi connectivity index (χ1n) is 13.8. The first kappa shape index (κ1) is 30.3. The van der Waals surface area contributed by atoms with E-state index in [-0.39, 0.29) is 12.1 Å². The fourth-order valence-corrected chi connectivity index (χ4v) is 5.19. The Morgan fingerprint density at radius 2 is 1.61 bits per heavy atom. The summed E-state index contributed by atoms with van der Waals surface area (Å²) in [5.74, 6) is -1.65. The van der Waals surface area contributed by atoms with Crippen LogP contribution in [-0.2, 0) is 20.9 Å². The Bertz CT molecular complexity index is 1720. The molecule has 44 heavy (non-hydrogen) atoms. The van der Waals surface area contributed by atoms with Crippen molar-refractivity contribution in [2.75, 3.05) is 31.0 Å². The van der Waals surface area contributed by atoms with Gasteiger partial charge in [-0.3, -0.25) is 24.1 Å². The van der Waals surface area contributed by atoms with Gasteiger partial charge in [-0.05, 0) is 54.4 Å². The smallest absolute Gasteiger partial charge is 0.299 e. The molecule has 1 unspecified atom stereocenters. The van der Waals surface area contributed by atoms with Crippen LogP contribution < -0.4 is 19.7 Å². The van der Waals surface area contributed by atoms with Crippen molar-refractivity contribution in [2.45, 2.75) is 19.5 Å². The van der Waals surface area contributed by atoms with E-state index in [1.54, 1.807) is 66.7 Å². The number of methoxy groups -OCH3 is 2. The molecule has 4 aromatic rings. The number of rotatable bonds is 10. The SMILES string of the molecule is COc1ccc(NC(=O)C(c2ccc(Cl)cc2)N(Cc2ccc(C)cc2)C(=O)CN2C(=O)C(=O)c3ccccc32)c(OC)c1. The zero-order chi connectivity index (χ0) is 31.4. The average Bonchev–Trinajstić information content (AvgIpc) is 3.27. The number of ketones is 1. The van der Waals surface area contributed by atoms with Crippen molar-refractivity contribution in [2.24, 2.45) is 0 Å². The number of anilines is 2. The molecule has 10 heteroatoms. The minimum atomic E-state index is -1.16. The molecular weight excluding hydrogens is 582 g/mol. The number of amides is 3. The van der Waals surface area contributed by atoms with E-state index in [1.165, 1.54) is 19.1 Å². The van der Waals surface area contributed by atoms with Crippen LogP contribution >= 0.6 is 11.6 Å². The van der Waals surface area contributed by atoms with Crippen LogP contribution in [0.25, 0.3) is 0 Å². The second-order valence-corrected chi connectivity index (χ2v) is 10.7. The third kappa shape index (κ3) is 6.28. The lowest BCUT2D eigenvalue weighted by Crippen LogP contribution is -2.46. The van der Waals surface area contributed by atoms with Gasteiger partial charge in [0.15, 0.2) is 0 Å². The van der Waals surface area contributed by atoms with Crippen molar-refractivity contribution in [3.63, 3.8) is 0 Å². The fraction of sp³-hybridized carbons (Fsp3) is 0.176. The molecule has 0 saturated carbocycles. The van der Waals surface area contributed by atoms with Crippen LogP contribution in [-0.4, -0.2) is 49.2 Å². The summed E-state index contributed by atoms with van der Waals surface area (Å²) in [6, 6.07) is 24.5. The molecule has 224 valence electrons. The van der Waals surface area contributed by atoms with E-state index >= 15 is 0 Å². The molecule has 0 radical (unpaired) electrons. The first-order chi connectivity index (χ1) is 21.2. The number of Topliss-reactive ketones (excluding diaryl/α,β-unsaturated/α-hetero) is 1. The Kier molecular flexibility index (Phi) is 8.96.